The summed E-state index contributed by atoms with van der Waals surface area (Å²) in [4.78, 5) is 6.69. The summed E-state index contributed by atoms with van der Waals surface area (Å²) in [5.41, 5.74) is 3.78. The summed E-state index contributed by atoms with van der Waals surface area (Å²) < 4.78 is 6.12. The van der Waals surface area contributed by atoms with Crippen molar-refractivity contribution in [1.29, 1.82) is 0 Å². The molecule has 0 aliphatic carbocycles. The number of nitrogens with zero attached hydrogens (tertiary/aromatic N) is 2. The molecule has 1 aromatic carbocycles. The van der Waals surface area contributed by atoms with Crippen molar-refractivity contribution in [1.82, 2.24) is 10.2 Å². The van der Waals surface area contributed by atoms with Crippen molar-refractivity contribution in [2.75, 3.05) is 39.8 Å². The van der Waals surface area contributed by atoms with Gasteiger partial charge in [0, 0.05) is 45.5 Å². The molecule has 2 unspecified atom stereocenters. The molecule has 2 aliphatic heterocycles. The average Bonchev–Trinajstić information content (AvgIpc) is 2.49. The van der Waals surface area contributed by atoms with E-state index in [1.165, 1.54) is 16.7 Å². The van der Waals surface area contributed by atoms with Crippen molar-refractivity contribution < 1.29 is 4.74 Å². The summed E-state index contributed by atoms with van der Waals surface area (Å²) in [5, 5.41) is 3.44. The van der Waals surface area contributed by atoms with Crippen LogP contribution < -0.4 is 5.32 Å². The molecule has 0 saturated carbocycles. The van der Waals surface area contributed by atoms with Gasteiger partial charge in [-0.2, -0.15) is 0 Å². The van der Waals surface area contributed by atoms with E-state index < -0.39 is 0 Å². The predicted octanol–water partition coefficient (Wildman–Crippen LogP) is 1.39. The molecule has 2 aliphatic rings. The SMILES string of the molecule is CN=Cc1cccc(C2CN3CCNCC3CO2)c1C. The Labute approximate surface area is 120 Å². The van der Waals surface area contributed by atoms with Gasteiger partial charge >= 0.3 is 0 Å². The summed E-state index contributed by atoms with van der Waals surface area (Å²) in [7, 11) is 1.81. The Morgan fingerprint density at radius 1 is 1.45 bits per heavy atom. The standard InChI is InChI=1S/C16H23N3O/c1-12-13(8-17-2)4-3-5-15(12)16-10-19-7-6-18-9-14(19)11-20-16/h3-5,8,14,16,18H,6-7,9-11H2,1-2H3. The van der Waals surface area contributed by atoms with Gasteiger partial charge in [-0.15, -0.1) is 0 Å². The second-order valence-corrected chi connectivity index (χ2v) is 5.62. The second kappa shape index (κ2) is 6.04. The normalized spacial score (nSPS) is 27.7. The van der Waals surface area contributed by atoms with E-state index in [1.807, 2.05) is 13.3 Å². The van der Waals surface area contributed by atoms with E-state index in [0.717, 1.165) is 32.8 Å². The van der Waals surface area contributed by atoms with Crippen LogP contribution in [0.4, 0.5) is 0 Å². The van der Waals surface area contributed by atoms with Crippen LogP contribution in [0.25, 0.3) is 0 Å². The molecule has 4 heteroatoms. The monoisotopic (exact) mass is 273 g/mol. The van der Waals surface area contributed by atoms with Gasteiger partial charge in [0.15, 0.2) is 0 Å². The quantitative estimate of drug-likeness (QED) is 0.827. The first kappa shape index (κ1) is 13.7. The number of benzene rings is 1. The fraction of sp³-hybridized carbons (Fsp3) is 0.562. The van der Waals surface area contributed by atoms with Crippen molar-refractivity contribution in [2.45, 2.75) is 19.1 Å². The zero-order valence-corrected chi connectivity index (χ0v) is 12.3. The zero-order valence-electron chi connectivity index (χ0n) is 12.3. The fourth-order valence-electron chi connectivity index (χ4n) is 3.19. The van der Waals surface area contributed by atoms with E-state index in [0.29, 0.717) is 6.04 Å². The molecular formula is C16H23N3O. The zero-order chi connectivity index (χ0) is 13.9. The molecule has 0 radical (unpaired) electrons. The molecule has 0 amide bonds. The Balaban J connectivity index is 1.81. The van der Waals surface area contributed by atoms with Crippen LogP contribution in [0, 0.1) is 6.92 Å². The number of piperazine rings is 1. The highest BCUT2D eigenvalue weighted by atomic mass is 16.5. The number of hydrogen-bond donors (Lipinski definition) is 1. The maximum Gasteiger partial charge on any atom is 0.0955 e. The van der Waals surface area contributed by atoms with Gasteiger partial charge in [-0.3, -0.25) is 9.89 Å². The lowest BCUT2D eigenvalue weighted by atomic mass is 9.96. The van der Waals surface area contributed by atoms with Gasteiger partial charge in [0.2, 0.25) is 0 Å². The van der Waals surface area contributed by atoms with Crippen LogP contribution in [-0.2, 0) is 4.74 Å². The van der Waals surface area contributed by atoms with Crippen molar-refractivity contribution in [3.05, 3.63) is 34.9 Å². The van der Waals surface area contributed by atoms with Crippen molar-refractivity contribution >= 4 is 6.21 Å². The summed E-state index contributed by atoms with van der Waals surface area (Å²) in [6, 6.07) is 6.95. The third kappa shape index (κ3) is 2.64. The first-order valence-corrected chi connectivity index (χ1v) is 7.37. The average molecular weight is 273 g/mol. The van der Waals surface area contributed by atoms with Crippen LogP contribution in [0.2, 0.25) is 0 Å². The van der Waals surface area contributed by atoms with Crippen LogP contribution in [0.5, 0.6) is 0 Å². The summed E-state index contributed by atoms with van der Waals surface area (Å²) in [5.74, 6) is 0. The van der Waals surface area contributed by atoms with Crippen molar-refractivity contribution in [3.63, 3.8) is 0 Å². The Morgan fingerprint density at radius 3 is 3.20 bits per heavy atom. The molecule has 0 aromatic heterocycles. The van der Waals surface area contributed by atoms with Gasteiger partial charge in [0.05, 0.1) is 12.7 Å². The Bertz CT molecular complexity index is 500. The number of rotatable bonds is 2. The highest BCUT2D eigenvalue weighted by Crippen LogP contribution is 2.28. The lowest BCUT2D eigenvalue weighted by molar-refractivity contribution is -0.0719. The Morgan fingerprint density at radius 2 is 2.35 bits per heavy atom. The number of aliphatic imine (C=N–C) groups is 1. The summed E-state index contributed by atoms with van der Waals surface area (Å²) >= 11 is 0. The lowest BCUT2D eigenvalue weighted by Gasteiger charge is -2.43. The van der Waals surface area contributed by atoms with E-state index in [9.17, 15) is 0 Å². The highest BCUT2D eigenvalue weighted by molar-refractivity contribution is 5.82. The number of ether oxygens (including phenoxy) is 1. The van der Waals surface area contributed by atoms with Gasteiger partial charge < -0.3 is 10.1 Å². The smallest absolute Gasteiger partial charge is 0.0955 e. The number of nitrogens with one attached hydrogen (secondary N) is 1. The number of morpholine rings is 1. The first-order chi connectivity index (χ1) is 9.79. The fourth-order valence-corrected chi connectivity index (χ4v) is 3.19. The minimum atomic E-state index is 0.189. The molecule has 0 spiro atoms. The highest BCUT2D eigenvalue weighted by Gasteiger charge is 2.31. The minimum Gasteiger partial charge on any atom is -0.370 e. The minimum absolute atomic E-state index is 0.189. The lowest BCUT2D eigenvalue weighted by Crippen LogP contribution is -2.57. The molecule has 2 atom stereocenters. The van der Waals surface area contributed by atoms with Gasteiger partial charge in [-0.25, -0.2) is 0 Å². The van der Waals surface area contributed by atoms with Crippen LogP contribution in [0.3, 0.4) is 0 Å². The maximum atomic E-state index is 6.12. The topological polar surface area (TPSA) is 36.9 Å². The van der Waals surface area contributed by atoms with Crippen LogP contribution in [-0.4, -0.2) is 57.0 Å². The van der Waals surface area contributed by atoms with Crippen LogP contribution >= 0.6 is 0 Å². The van der Waals surface area contributed by atoms with Gasteiger partial charge in [0.25, 0.3) is 0 Å². The van der Waals surface area contributed by atoms with Crippen molar-refractivity contribution in [3.8, 4) is 0 Å². The predicted molar refractivity (Wildman–Crippen MR) is 81.6 cm³/mol. The van der Waals surface area contributed by atoms with E-state index in [-0.39, 0.29) is 6.10 Å². The van der Waals surface area contributed by atoms with Crippen LogP contribution in [0.15, 0.2) is 23.2 Å². The Kier molecular flexibility index (Phi) is 4.15. The maximum absolute atomic E-state index is 6.12. The molecule has 0 bridgehead atoms. The van der Waals surface area contributed by atoms with E-state index in [2.05, 4.69) is 40.3 Å². The molecular weight excluding hydrogens is 250 g/mol. The molecule has 2 fully saturated rings. The number of fused-ring (bicyclic) bond motifs is 1. The molecule has 2 heterocycles. The number of hydrogen-bond acceptors (Lipinski definition) is 4. The summed E-state index contributed by atoms with van der Waals surface area (Å²) in [6.07, 6.45) is 2.12. The van der Waals surface area contributed by atoms with Crippen molar-refractivity contribution in [2.24, 2.45) is 4.99 Å². The Hall–Kier alpha value is -1.23. The third-order valence-electron chi connectivity index (χ3n) is 4.39. The van der Waals surface area contributed by atoms with Gasteiger partial charge in [-0.05, 0) is 23.6 Å². The van der Waals surface area contributed by atoms with E-state index >= 15 is 0 Å². The molecule has 2 saturated heterocycles. The molecule has 1 aromatic rings. The van der Waals surface area contributed by atoms with E-state index in [4.69, 9.17) is 4.74 Å². The molecule has 108 valence electrons. The molecule has 20 heavy (non-hydrogen) atoms. The van der Waals surface area contributed by atoms with Gasteiger partial charge in [-0.1, -0.05) is 18.2 Å². The molecule has 4 nitrogen and oxygen atoms in total. The molecule has 1 N–H and O–H groups in total. The van der Waals surface area contributed by atoms with Crippen LogP contribution in [0.1, 0.15) is 22.8 Å². The molecule has 3 rings (SSSR count). The second-order valence-electron chi connectivity index (χ2n) is 5.62. The van der Waals surface area contributed by atoms with Gasteiger partial charge in [0.1, 0.15) is 0 Å². The first-order valence-electron chi connectivity index (χ1n) is 7.37. The third-order valence-corrected chi connectivity index (χ3v) is 4.39. The summed E-state index contributed by atoms with van der Waals surface area (Å²) in [6.45, 7) is 7.25. The van der Waals surface area contributed by atoms with E-state index in [1.54, 1.807) is 0 Å². The largest absolute Gasteiger partial charge is 0.370 e.